The lowest BCUT2D eigenvalue weighted by atomic mass is 10.3. The topological polar surface area (TPSA) is 72.9 Å². The Morgan fingerprint density at radius 1 is 1.10 bits per heavy atom. The van der Waals surface area contributed by atoms with Crippen LogP contribution < -0.4 is 0 Å². The molecule has 0 spiro atoms. The molecule has 6 nitrogen and oxygen atoms in total. The van der Waals surface area contributed by atoms with Crippen LogP contribution in [0.25, 0.3) is 0 Å². The molecule has 0 aromatic carbocycles. The molecular weight excluding hydrogens is 294 g/mol. The highest BCUT2D eigenvalue weighted by Crippen LogP contribution is 2.20. The van der Waals surface area contributed by atoms with Gasteiger partial charge in [-0.1, -0.05) is 12.8 Å². The number of esters is 1. The molecule has 0 unspecified atom stereocenters. The van der Waals surface area contributed by atoms with Crippen molar-refractivity contribution in [2.75, 3.05) is 44.4 Å². The molecule has 0 atom stereocenters. The summed E-state index contributed by atoms with van der Waals surface area (Å²) < 4.78 is 33.4. The summed E-state index contributed by atoms with van der Waals surface area (Å²) in [6, 6.07) is 0. The molecule has 0 bridgehead atoms. The second-order valence-electron chi connectivity index (χ2n) is 5.78. The van der Waals surface area contributed by atoms with Crippen molar-refractivity contribution in [3.8, 4) is 0 Å². The van der Waals surface area contributed by atoms with Crippen molar-refractivity contribution in [1.29, 1.82) is 0 Å². The average Bonchev–Trinajstić information content (AvgIpc) is 2.94. The molecule has 1 aliphatic carbocycles. The van der Waals surface area contributed by atoms with Crippen molar-refractivity contribution < 1.29 is 22.7 Å². The van der Waals surface area contributed by atoms with E-state index in [0.29, 0.717) is 32.4 Å². The van der Waals surface area contributed by atoms with Crippen molar-refractivity contribution in [1.82, 2.24) is 4.90 Å². The minimum atomic E-state index is -2.89. The fraction of sp³-hybridized carbons (Fsp3) is 0.929. The van der Waals surface area contributed by atoms with E-state index in [1.165, 1.54) is 12.8 Å². The van der Waals surface area contributed by atoms with Crippen molar-refractivity contribution in [2.24, 2.45) is 0 Å². The number of carbonyl (C=O) groups is 1. The maximum atomic E-state index is 11.6. The summed E-state index contributed by atoms with van der Waals surface area (Å²) in [6.45, 7) is 2.03. The second-order valence-corrected chi connectivity index (χ2v) is 8.08. The van der Waals surface area contributed by atoms with Crippen LogP contribution in [0.3, 0.4) is 0 Å². The first-order valence-electron chi connectivity index (χ1n) is 7.75. The number of rotatable bonds is 7. The predicted octanol–water partition coefficient (Wildman–Crippen LogP) is 0.609. The SMILES string of the molecule is O=C(CN1CCS(=O)(=O)CC1)OCCCOC1CCCC1. The van der Waals surface area contributed by atoms with E-state index in [4.69, 9.17) is 9.47 Å². The van der Waals surface area contributed by atoms with Gasteiger partial charge in [-0.25, -0.2) is 8.42 Å². The first kappa shape index (κ1) is 16.7. The van der Waals surface area contributed by atoms with Gasteiger partial charge in [-0.05, 0) is 12.8 Å². The third kappa shape index (κ3) is 6.32. The molecule has 0 aromatic heterocycles. The van der Waals surface area contributed by atoms with Gasteiger partial charge in [0, 0.05) is 19.5 Å². The molecule has 1 saturated carbocycles. The smallest absolute Gasteiger partial charge is 0.320 e. The summed E-state index contributed by atoms with van der Waals surface area (Å²) in [7, 11) is -2.89. The van der Waals surface area contributed by atoms with Crippen LogP contribution in [0.15, 0.2) is 0 Å². The van der Waals surface area contributed by atoms with Crippen LogP contribution in [-0.4, -0.2) is 69.7 Å². The first-order valence-corrected chi connectivity index (χ1v) is 9.57. The van der Waals surface area contributed by atoms with Crippen LogP contribution in [0.2, 0.25) is 0 Å². The average molecular weight is 319 g/mol. The lowest BCUT2D eigenvalue weighted by Gasteiger charge is -2.25. The Bertz CT molecular complexity index is 417. The second kappa shape index (κ2) is 8.10. The lowest BCUT2D eigenvalue weighted by Crippen LogP contribution is -2.43. The number of carbonyl (C=O) groups excluding carboxylic acids is 1. The molecule has 0 aromatic rings. The zero-order valence-electron chi connectivity index (χ0n) is 12.5. The van der Waals surface area contributed by atoms with E-state index in [9.17, 15) is 13.2 Å². The van der Waals surface area contributed by atoms with Gasteiger partial charge < -0.3 is 9.47 Å². The Morgan fingerprint density at radius 2 is 1.76 bits per heavy atom. The molecule has 0 radical (unpaired) electrons. The van der Waals surface area contributed by atoms with E-state index < -0.39 is 9.84 Å². The van der Waals surface area contributed by atoms with E-state index in [0.717, 1.165) is 19.3 Å². The van der Waals surface area contributed by atoms with E-state index in [1.54, 1.807) is 0 Å². The van der Waals surface area contributed by atoms with Gasteiger partial charge >= 0.3 is 5.97 Å². The molecule has 1 heterocycles. The summed E-state index contributed by atoms with van der Waals surface area (Å²) in [6.07, 6.45) is 5.93. The summed E-state index contributed by atoms with van der Waals surface area (Å²) >= 11 is 0. The van der Waals surface area contributed by atoms with Gasteiger partial charge in [0.15, 0.2) is 9.84 Å². The molecule has 2 aliphatic rings. The van der Waals surface area contributed by atoms with Crippen LogP contribution in [0, 0.1) is 0 Å². The maximum absolute atomic E-state index is 11.6. The minimum absolute atomic E-state index is 0.134. The van der Waals surface area contributed by atoms with Gasteiger partial charge in [-0.2, -0.15) is 0 Å². The molecule has 7 heteroatoms. The zero-order valence-corrected chi connectivity index (χ0v) is 13.3. The number of sulfone groups is 1. The highest BCUT2D eigenvalue weighted by molar-refractivity contribution is 7.91. The summed E-state index contributed by atoms with van der Waals surface area (Å²) in [5, 5.41) is 0. The highest BCUT2D eigenvalue weighted by Gasteiger charge is 2.23. The maximum Gasteiger partial charge on any atom is 0.320 e. The number of ether oxygens (including phenoxy) is 2. The standard InChI is InChI=1S/C14H25NO5S/c16-14(12-15-6-10-21(17,18)11-7-15)20-9-3-8-19-13-4-1-2-5-13/h13H,1-12H2. The number of hydrogen-bond acceptors (Lipinski definition) is 6. The van der Waals surface area contributed by atoms with E-state index in [2.05, 4.69) is 0 Å². The molecule has 1 saturated heterocycles. The first-order chi connectivity index (χ1) is 10.1. The van der Waals surface area contributed by atoms with Crippen molar-refractivity contribution in [3.05, 3.63) is 0 Å². The van der Waals surface area contributed by atoms with Crippen LogP contribution in [0.4, 0.5) is 0 Å². The molecule has 0 N–H and O–H groups in total. The fourth-order valence-electron chi connectivity index (χ4n) is 2.69. The molecule has 122 valence electrons. The third-order valence-electron chi connectivity index (χ3n) is 4.00. The Kier molecular flexibility index (Phi) is 6.44. The lowest BCUT2D eigenvalue weighted by molar-refractivity contribution is -0.145. The molecule has 0 amide bonds. The predicted molar refractivity (Wildman–Crippen MR) is 78.9 cm³/mol. The monoisotopic (exact) mass is 319 g/mol. The van der Waals surface area contributed by atoms with Gasteiger partial charge in [-0.3, -0.25) is 9.69 Å². The van der Waals surface area contributed by atoms with Gasteiger partial charge in [-0.15, -0.1) is 0 Å². The van der Waals surface area contributed by atoms with Crippen molar-refractivity contribution in [2.45, 2.75) is 38.2 Å². The zero-order chi connectivity index (χ0) is 15.1. The molecule has 2 fully saturated rings. The normalized spacial score (nSPS) is 23.2. The summed E-state index contributed by atoms with van der Waals surface area (Å²) in [5.41, 5.74) is 0. The van der Waals surface area contributed by atoms with Gasteiger partial charge in [0.1, 0.15) is 0 Å². The van der Waals surface area contributed by atoms with Crippen LogP contribution >= 0.6 is 0 Å². The van der Waals surface area contributed by atoms with Crippen LogP contribution in [0.5, 0.6) is 0 Å². The van der Waals surface area contributed by atoms with Gasteiger partial charge in [0.05, 0.1) is 37.4 Å². The number of hydrogen-bond donors (Lipinski definition) is 0. The van der Waals surface area contributed by atoms with Gasteiger partial charge in [0.25, 0.3) is 0 Å². The molecule has 1 aliphatic heterocycles. The molecule has 21 heavy (non-hydrogen) atoms. The van der Waals surface area contributed by atoms with Crippen molar-refractivity contribution in [3.63, 3.8) is 0 Å². The third-order valence-corrected chi connectivity index (χ3v) is 5.61. The van der Waals surface area contributed by atoms with Crippen molar-refractivity contribution >= 4 is 15.8 Å². The van der Waals surface area contributed by atoms with Gasteiger partial charge in [0.2, 0.25) is 0 Å². The molecule has 2 rings (SSSR count). The Labute approximate surface area is 126 Å². The van der Waals surface area contributed by atoms with E-state index >= 15 is 0 Å². The Hall–Kier alpha value is -0.660. The molecular formula is C14H25NO5S. The minimum Gasteiger partial charge on any atom is -0.465 e. The largest absolute Gasteiger partial charge is 0.465 e. The summed E-state index contributed by atoms with van der Waals surface area (Å²) in [4.78, 5) is 13.5. The fourth-order valence-corrected chi connectivity index (χ4v) is 3.96. The highest BCUT2D eigenvalue weighted by atomic mass is 32.2. The van der Waals surface area contributed by atoms with E-state index in [-0.39, 0.29) is 24.0 Å². The van der Waals surface area contributed by atoms with E-state index in [1.807, 2.05) is 4.90 Å². The van der Waals surface area contributed by atoms with Crippen LogP contribution in [0.1, 0.15) is 32.1 Å². The Morgan fingerprint density at radius 3 is 2.43 bits per heavy atom. The Balaban J connectivity index is 1.49. The van der Waals surface area contributed by atoms with Crippen LogP contribution in [-0.2, 0) is 24.1 Å². The summed E-state index contributed by atoms with van der Waals surface area (Å²) in [5.74, 6) is -0.0134. The quantitative estimate of drug-likeness (QED) is 0.506. The number of nitrogens with zero attached hydrogens (tertiary/aromatic N) is 1.